The van der Waals surface area contributed by atoms with Crippen molar-refractivity contribution in [3.63, 3.8) is 0 Å². The van der Waals surface area contributed by atoms with E-state index in [0.29, 0.717) is 18.8 Å². The molecule has 0 bridgehead atoms. The van der Waals surface area contributed by atoms with Crippen molar-refractivity contribution in [2.45, 2.75) is 13.8 Å². The average Bonchev–Trinajstić information content (AvgIpc) is 3.25. The summed E-state index contributed by atoms with van der Waals surface area (Å²) >= 11 is 0. The number of H-pyrrole nitrogens is 1. The fourth-order valence-electron chi connectivity index (χ4n) is 3.61. The molecule has 6 nitrogen and oxygen atoms in total. The number of carbonyl (C=O) groups excluding carboxylic acids is 1. The first-order chi connectivity index (χ1) is 14.0. The number of hydrogen-bond acceptors (Lipinski definition) is 4. The van der Waals surface area contributed by atoms with Crippen LogP contribution in [0.25, 0.3) is 11.3 Å². The number of benzene rings is 2. The SMILES string of the molecule is COc1ccc(N2CCN(C(=O)c3cc(-c4ccc(C)c(C)c4)n[nH]3)CC2)cc1. The lowest BCUT2D eigenvalue weighted by Gasteiger charge is -2.35. The Balaban J connectivity index is 1.40. The van der Waals surface area contributed by atoms with Gasteiger partial charge < -0.3 is 14.5 Å². The van der Waals surface area contributed by atoms with Gasteiger partial charge in [-0.25, -0.2) is 0 Å². The summed E-state index contributed by atoms with van der Waals surface area (Å²) in [5, 5.41) is 7.28. The minimum atomic E-state index is 0.00182. The summed E-state index contributed by atoms with van der Waals surface area (Å²) in [6, 6.07) is 16.1. The first kappa shape index (κ1) is 19.1. The van der Waals surface area contributed by atoms with E-state index in [1.165, 1.54) is 11.1 Å². The monoisotopic (exact) mass is 390 g/mol. The Kier molecular flexibility index (Phi) is 5.25. The van der Waals surface area contributed by atoms with Crippen molar-refractivity contribution in [1.82, 2.24) is 15.1 Å². The van der Waals surface area contributed by atoms with Gasteiger partial charge in [-0.1, -0.05) is 12.1 Å². The molecule has 4 rings (SSSR count). The molecule has 3 aromatic rings. The number of carbonyl (C=O) groups is 1. The third-order valence-corrected chi connectivity index (χ3v) is 5.62. The zero-order valence-electron chi connectivity index (χ0n) is 17.1. The Morgan fingerprint density at radius 2 is 1.69 bits per heavy atom. The van der Waals surface area contributed by atoms with Crippen molar-refractivity contribution in [3.05, 3.63) is 65.4 Å². The Morgan fingerprint density at radius 1 is 0.966 bits per heavy atom. The van der Waals surface area contributed by atoms with E-state index in [2.05, 4.69) is 53.2 Å². The molecule has 0 atom stereocenters. The molecule has 1 fully saturated rings. The molecule has 1 saturated heterocycles. The summed E-state index contributed by atoms with van der Waals surface area (Å²) in [6.45, 7) is 7.14. The third-order valence-electron chi connectivity index (χ3n) is 5.62. The fourth-order valence-corrected chi connectivity index (χ4v) is 3.61. The summed E-state index contributed by atoms with van der Waals surface area (Å²) in [7, 11) is 1.67. The molecule has 1 aromatic heterocycles. The van der Waals surface area contributed by atoms with Crippen LogP contribution in [0.3, 0.4) is 0 Å². The Hall–Kier alpha value is -3.28. The lowest BCUT2D eigenvalue weighted by molar-refractivity contribution is 0.0741. The number of ether oxygens (including phenoxy) is 1. The van der Waals surface area contributed by atoms with Crippen LogP contribution in [0, 0.1) is 13.8 Å². The zero-order valence-corrected chi connectivity index (χ0v) is 17.1. The minimum absolute atomic E-state index is 0.00182. The minimum Gasteiger partial charge on any atom is -0.497 e. The Bertz CT molecular complexity index is 1000. The molecule has 6 heteroatoms. The van der Waals surface area contributed by atoms with Crippen LogP contribution in [0.1, 0.15) is 21.6 Å². The van der Waals surface area contributed by atoms with Crippen LogP contribution in [-0.2, 0) is 0 Å². The lowest BCUT2D eigenvalue weighted by Crippen LogP contribution is -2.48. The number of nitrogens with zero attached hydrogens (tertiary/aromatic N) is 3. The normalized spacial score (nSPS) is 14.2. The van der Waals surface area contributed by atoms with E-state index in [4.69, 9.17) is 4.74 Å². The van der Waals surface area contributed by atoms with Crippen LogP contribution in [0.2, 0.25) is 0 Å². The maximum absolute atomic E-state index is 12.9. The smallest absolute Gasteiger partial charge is 0.272 e. The number of aromatic amines is 1. The standard InChI is InChI=1S/C23H26N4O2/c1-16-4-5-18(14-17(16)2)21-15-22(25-24-21)23(28)27-12-10-26(11-13-27)19-6-8-20(29-3)9-7-19/h4-9,14-15H,10-13H2,1-3H3,(H,24,25). The number of rotatable bonds is 4. The second-order valence-corrected chi connectivity index (χ2v) is 7.44. The van der Waals surface area contributed by atoms with E-state index in [9.17, 15) is 4.79 Å². The van der Waals surface area contributed by atoms with Crippen molar-refractivity contribution in [2.75, 3.05) is 38.2 Å². The molecular weight excluding hydrogens is 364 g/mol. The molecule has 1 N–H and O–H groups in total. The highest BCUT2D eigenvalue weighted by Gasteiger charge is 2.24. The van der Waals surface area contributed by atoms with Gasteiger partial charge in [-0.2, -0.15) is 5.10 Å². The van der Waals surface area contributed by atoms with E-state index in [1.807, 2.05) is 29.2 Å². The highest BCUT2D eigenvalue weighted by Crippen LogP contribution is 2.23. The lowest BCUT2D eigenvalue weighted by atomic mass is 10.0. The number of methoxy groups -OCH3 is 1. The molecule has 150 valence electrons. The highest BCUT2D eigenvalue weighted by atomic mass is 16.5. The summed E-state index contributed by atoms with van der Waals surface area (Å²) in [6.07, 6.45) is 0. The highest BCUT2D eigenvalue weighted by molar-refractivity contribution is 5.93. The van der Waals surface area contributed by atoms with Crippen LogP contribution < -0.4 is 9.64 Å². The summed E-state index contributed by atoms with van der Waals surface area (Å²) in [5.41, 5.74) is 5.97. The average molecular weight is 390 g/mol. The number of hydrogen-bond donors (Lipinski definition) is 1. The number of anilines is 1. The van der Waals surface area contributed by atoms with Gasteiger partial charge >= 0.3 is 0 Å². The van der Waals surface area contributed by atoms with E-state index >= 15 is 0 Å². The molecular formula is C23H26N4O2. The van der Waals surface area contributed by atoms with Crippen LogP contribution in [0.15, 0.2) is 48.5 Å². The number of amides is 1. The molecule has 2 heterocycles. The Morgan fingerprint density at radius 3 is 2.34 bits per heavy atom. The van der Waals surface area contributed by atoms with Gasteiger partial charge in [-0.3, -0.25) is 9.89 Å². The van der Waals surface area contributed by atoms with Gasteiger partial charge in [0.2, 0.25) is 0 Å². The maximum Gasteiger partial charge on any atom is 0.272 e. The molecule has 1 aliphatic heterocycles. The van der Waals surface area contributed by atoms with E-state index in [-0.39, 0.29) is 5.91 Å². The van der Waals surface area contributed by atoms with Gasteiger partial charge in [0, 0.05) is 37.4 Å². The number of nitrogens with one attached hydrogen (secondary N) is 1. The van der Waals surface area contributed by atoms with Crippen LogP contribution >= 0.6 is 0 Å². The molecule has 0 spiro atoms. The van der Waals surface area contributed by atoms with Crippen molar-refractivity contribution in [2.24, 2.45) is 0 Å². The first-order valence-corrected chi connectivity index (χ1v) is 9.86. The fraction of sp³-hybridized carbons (Fsp3) is 0.304. The first-order valence-electron chi connectivity index (χ1n) is 9.86. The molecule has 0 saturated carbocycles. The largest absolute Gasteiger partial charge is 0.497 e. The van der Waals surface area contributed by atoms with Crippen molar-refractivity contribution in [3.8, 4) is 17.0 Å². The van der Waals surface area contributed by atoms with Gasteiger partial charge in [0.25, 0.3) is 5.91 Å². The van der Waals surface area contributed by atoms with E-state index in [1.54, 1.807) is 7.11 Å². The van der Waals surface area contributed by atoms with E-state index in [0.717, 1.165) is 35.8 Å². The van der Waals surface area contributed by atoms with Crippen LogP contribution in [-0.4, -0.2) is 54.3 Å². The van der Waals surface area contributed by atoms with Crippen molar-refractivity contribution < 1.29 is 9.53 Å². The van der Waals surface area contributed by atoms with Gasteiger partial charge in [0.05, 0.1) is 12.8 Å². The van der Waals surface area contributed by atoms with Crippen molar-refractivity contribution in [1.29, 1.82) is 0 Å². The predicted molar refractivity (Wildman–Crippen MR) is 115 cm³/mol. The van der Waals surface area contributed by atoms with Gasteiger partial charge in [-0.15, -0.1) is 0 Å². The number of aryl methyl sites for hydroxylation is 2. The molecule has 0 radical (unpaired) electrons. The summed E-state index contributed by atoms with van der Waals surface area (Å²) in [4.78, 5) is 17.1. The van der Waals surface area contributed by atoms with Crippen LogP contribution in [0.5, 0.6) is 5.75 Å². The van der Waals surface area contributed by atoms with Crippen molar-refractivity contribution >= 4 is 11.6 Å². The zero-order chi connectivity index (χ0) is 20.4. The molecule has 1 aliphatic rings. The van der Waals surface area contributed by atoms with Gasteiger partial charge in [-0.05, 0) is 61.4 Å². The second-order valence-electron chi connectivity index (χ2n) is 7.44. The predicted octanol–water partition coefficient (Wildman–Crippen LogP) is 3.66. The number of piperazine rings is 1. The van der Waals surface area contributed by atoms with Gasteiger partial charge in [0.15, 0.2) is 0 Å². The summed E-state index contributed by atoms with van der Waals surface area (Å²) < 4.78 is 5.22. The third kappa shape index (κ3) is 3.97. The summed E-state index contributed by atoms with van der Waals surface area (Å²) in [5.74, 6) is 0.850. The molecule has 1 amide bonds. The molecule has 29 heavy (non-hydrogen) atoms. The second kappa shape index (κ2) is 7.99. The topological polar surface area (TPSA) is 61.5 Å². The van der Waals surface area contributed by atoms with Crippen LogP contribution in [0.4, 0.5) is 5.69 Å². The van der Waals surface area contributed by atoms with E-state index < -0.39 is 0 Å². The maximum atomic E-state index is 12.9. The number of aromatic nitrogens is 2. The van der Waals surface area contributed by atoms with Gasteiger partial charge in [0.1, 0.15) is 11.4 Å². The molecule has 0 aliphatic carbocycles. The quantitative estimate of drug-likeness (QED) is 0.738. The molecule has 0 unspecified atom stereocenters. The Labute approximate surface area is 171 Å². The molecule has 2 aromatic carbocycles.